The minimum absolute atomic E-state index is 0.529. The molecule has 0 bridgehead atoms. The molecule has 0 aliphatic heterocycles. The Balaban J connectivity index is 1.86. The van der Waals surface area contributed by atoms with Gasteiger partial charge in [0.2, 0.25) is 0 Å². The molecule has 0 amide bonds. The van der Waals surface area contributed by atoms with Crippen LogP contribution in [0, 0.1) is 19.8 Å². The van der Waals surface area contributed by atoms with Crippen LogP contribution in [0.15, 0.2) is 24.4 Å². The van der Waals surface area contributed by atoms with Crippen molar-refractivity contribution in [3.63, 3.8) is 0 Å². The zero-order chi connectivity index (χ0) is 15.5. The molecule has 0 aromatic carbocycles. The minimum Gasteiger partial charge on any atom is -0.367 e. The molecule has 0 saturated heterocycles. The number of hydrogen-bond donors (Lipinski definition) is 1. The predicted octanol–water partition coefficient (Wildman–Crippen LogP) is 4.15. The van der Waals surface area contributed by atoms with Crippen molar-refractivity contribution in [3.8, 4) is 11.5 Å². The zero-order valence-electron chi connectivity index (χ0n) is 13.6. The van der Waals surface area contributed by atoms with Gasteiger partial charge >= 0.3 is 0 Å². The number of anilines is 1. The Morgan fingerprint density at radius 3 is 2.50 bits per heavy atom. The minimum atomic E-state index is 0.529. The quantitative estimate of drug-likeness (QED) is 0.924. The summed E-state index contributed by atoms with van der Waals surface area (Å²) in [5, 5.41) is 3.64. The van der Waals surface area contributed by atoms with Crippen LogP contribution in [0.2, 0.25) is 0 Å². The molecule has 22 heavy (non-hydrogen) atoms. The van der Waals surface area contributed by atoms with Crippen molar-refractivity contribution in [2.24, 2.45) is 5.92 Å². The number of aryl methyl sites for hydroxylation is 1. The lowest BCUT2D eigenvalue weighted by molar-refractivity contribution is 0.360. The van der Waals surface area contributed by atoms with Gasteiger partial charge in [0, 0.05) is 23.5 Å². The number of nitrogens with one attached hydrogen (secondary N) is 1. The summed E-state index contributed by atoms with van der Waals surface area (Å²) in [4.78, 5) is 13.7. The monoisotopic (exact) mass is 296 g/mol. The molecule has 2 aromatic rings. The average molecular weight is 296 g/mol. The second-order valence-corrected chi connectivity index (χ2v) is 6.42. The van der Waals surface area contributed by atoms with Gasteiger partial charge in [-0.1, -0.05) is 13.0 Å². The van der Waals surface area contributed by atoms with Crippen molar-refractivity contribution in [1.82, 2.24) is 15.0 Å². The molecule has 0 unspecified atom stereocenters. The molecule has 1 aliphatic rings. The summed E-state index contributed by atoms with van der Waals surface area (Å²) in [5.74, 6) is 2.53. The number of aromatic nitrogens is 3. The first-order valence-corrected chi connectivity index (χ1v) is 8.16. The van der Waals surface area contributed by atoms with Gasteiger partial charge in [-0.05, 0) is 57.6 Å². The lowest BCUT2D eigenvalue weighted by Gasteiger charge is -2.28. The van der Waals surface area contributed by atoms with Gasteiger partial charge in [-0.25, -0.2) is 9.97 Å². The van der Waals surface area contributed by atoms with Crippen LogP contribution in [-0.4, -0.2) is 21.0 Å². The van der Waals surface area contributed by atoms with Crippen molar-refractivity contribution >= 4 is 5.82 Å². The third-order valence-corrected chi connectivity index (χ3v) is 4.64. The van der Waals surface area contributed by atoms with Crippen LogP contribution in [0.1, 0.15) is 43.9 Å². The normalized spacial score (nSPS) is 21.6. The maximum atomic E-state index is 4.73. The highest BCUT2D eigenvalue weighted by Gasteiger charge is 2.20. The van der Waals surface area contributed by atoms with E-state index in [0.29, 0.717) is 11.9 Å². The van der Waals surface area contributed by atoms with E-state index in [2.05, 4.69) is 29.1 Å². The molecule has 4 nitrogen and oxygen atoms in total. The third kappa shape index (κ3) is 3.26. The largest absolute Gasteiger partial charge is 0.367 e. The summed E-state index contributed by atoms with van der Waals surface area (Å²) in [5.41, 5.74) is 2.98. The lowest BCUT2D eigenvalue weighted by atomic mass is 9.87. The Hall–Kier alpha value is -1.97. The number of rotatable bonds is 3. The predicted molar refractivity (Wildman–Crippen MR) is 89.8 cm³/mol. The fraction of sp³-hybridized carbons (Fsp3) is 0.500. The molecule has 1 saturated carbocycles. The van der Waals surface area contributed by atoms with Crippen LogP contribution in [0.25, 0.3) is 11.5 Å². The van der Waals surface area contributed by atoms with Crippen LogP contribution >= 0.6 is 0 Å². The first-order valence-electron chi connectivity index (χ1n) is 8.16. The van der Waals surface area contributed by atoms with E-state index in [-0.39, 0.29) is 0 Å². The maximum absolute atomic E-state index is 4.73. The van der Waals surface area contributed by atoms with Crippen LogP contribution in [-0.2, 0) is 0 Å². The number of pyridine rings is 1. The topological polar surface area (TPSA) is 50.7 Å². The highest BCUT2D eigenvalue weighted by Crippen LogP contribution is 2.27. The number of nitrogens with zero attached hydrogens (tertiary/aromatic N) is 3. The Bertz CT molecular complexity index is 631. The van der Waals surface area contributed by atoms with Crippen molar-refractivity contribution < 1.29 is 0 Å². The van der Waals surface area contributed by atoms with Crippen LogP contribution < -0.4 is 5.32 Å². The van der Waals surface area contributed by atoms with Gasteiger partial charge in [-0.2, -0.15) is 0 Å². The molecule has 116 valence electrons. The Morgan fingerprint density at radius 1 is 1.05 bits per heavy atom. The summed E-state index contributed by atoms with van der Waals surface area (Å²) in [7, 11) is 0. The van der Waals surface area contributed by atoms with Crippen LogP contribution in [0.4, 0.5) is 5.82 Å². The molecule has 3 rings (SSSR count). The van der Waals surface area contributed by atoms with Gasteiger partial charge in [-0.3, -0.25) is 4.98 Å². The van der Waals surface area contributed by atoms with Gasteiger partial charge in [0.1, 0.15) is 11.5 Å². The smallest absolute Gasteiger partial charge is 0.180 e. The molecule has 1 aliphatic carbocycles. The van der Waals surface area contributed by atoms with Crippen molar-refractivity contribution in [1.29, 1.82) is 0 Å². The molecule has 1 N–H and O–H groups in total. The first-order chi connectivity index (χ1) is 10.6. The van der Waals surface area contributed by atoms with Gasteiger partial charge in [0.05, 0.1) is 0 Å². The van der Waals surface area contributed by atoms with Gasteiger partial charge < -0.3 is 5.32 Å². The highest BCUT2D eigenvalue weighted by molar-refractivity contribution is 5.56. The van der Waals surface area contributed by atoms with E-state index in [1.807, 2.05) is 25.1 Å². The molecular formula is C18H24N4. The summed E-state index contributed by atoms with van der Waals surface area (Å²) in [6, 6.07) is 6.36. The molecule has 4 heteroatoms. The molecule has 1 fully saturated rings. The van der Waals surface area contributed by atoms with Crippen molar-refractivity contribution in [2.75, 3.05) is 5.32 Å². The van der Waals surface area contributed by atoms with Gasteiger partial charge in [-0.15, -0.1) is 0 Å². The third-order valence-electron chi connectivity index (χ3n) is 4.64. The fourth-order valence-corrected chi connectivity index (χ4v) is 2.98. The van der Waals surface area contributed by atoms with E-state index in [1.165, 1.54) is 25.7 Å². The average Bonchev–Trinajstić information content (AvgIpc) is 2.54. The SMILES string of the molecule is Cc1nc(-c2ccccn2)nc(NC2CCC(C)CC2)c1C. The summed E-state index contributed by atoms with van der Waals surface area (Å²) < 4.78 is 0. The second kappa shape index (κ2) is 6.42. The van der Waals surface area contributed by atoms with Crippen molar-refractivity contribution in [2.45, 2.75) is 52.5 Å². The van der Waals surface area contributed by atoms with E-state index in [4.69, 9.17) is 4.98 Å². The Morgan fingerprint density at radius 2 is 1.82 bits per heavy atom. The van der Waals surface area contributed by atoms with E-state index in [9.17, 15) is 0 Å². The molecule has 2 heterocycles. The molecule has 0 radical (unpaired) electrons. The standard InChI is InChI=1S/C18H24N4/c1-12-7-9-15(10-8-12)21-17-13(2)14(3)20-18(22-17)16-6-4-5-11-19-16/h4-6,11-12,15H,7-10H2,1-3H3,(H,20,21,22). The first kappa shape index (κ1) is 14.9. The molecule has 2 aromatic heterocycles. The molecule has 0 atom stereocenters. The van der Waals surface area contributed by atoms with Gasteiger partial charge in [0.25, 0.3) is 0 Å². The maximum Gasteiger partial charge on any atom is 0.180 e. The Labute approximate surface area is 132 Å². The second-order valence-electron chi connectivity index (χ2n) is 6.42. The summed E-state index contributed by atoms with van der Waals surface area (Å²) >= 11 is 0. The fourth-order valence-electron chi connectivity index (χ4n) is 2.98. The summed E-state index contributed by atoms with van der Waals surface area (Å²) in [6.45, 7) is 6.47. The highest BCUT2D eigenvalue weighted by atomic mass is 15.1. The van der Waals surface area contributed by atoms with Crippen LogP contribution in [0.5, 0.6) is 0 Å². The van der Waals surface area contributed by atoms with Crippen LogP contribution in [0.3, 0.4) is 0 Å². The van der Waals surface area contributed by atoms with Crippen molar-refractivity contribution in [3.05, 3.63) is 35.7 Å². The molecular weight excluding hydrogens is 272 g/mol. The zero-order valence-corrected chi connectivity index (χ0v) is 13.6. The van der Waals surface area contributed by atoms with E-state index in [0.717, 1.165) is 28.7 Å². The van der Waals surface area contributed by atoms with E-state index >= 15 is 0 Å². The summed E-state index contributed by atoms with van der Waals surface area (Å²) in [6.07, 6.45) is 6.83. The van der Waals surface area contributed by atoms with Gasteiger partial charge in [0.15, 0.2) is 5.82 Å². The lowest BCUT2D eigenvalue weighted by Crippen LogP contribution is -2.26. The Kier molecular flexibility index (Phi) is 4.36. The van der Waals surface area contributed by atoms with E-state index < -0.39 is 0 Å². The van der Waals surface area contributed by atoms with E-state index in [1.54, 1.807) is 6.20 Å². The number of hydrogen-bond acceptors (Lipinski definition) is 4. The molecule has 0 spiro atoms.